The highest BCUT2D eigenvalue weighted by Gasteiger charge is 2.25. The Morgan fingerprint density at radius 3 is 2.59 bits per heavy atom. The maximum atomic E-state index is 11.7. The molecule has 0 amide bonds. The maximum absolute atomic E-state index is 11.7. The summed E-state index contributed by atoms with van der Waals surface area (Å²) in [5.41, 5.74) is -0.573. The normalized spacial score (nSPS) is 10.8. The van der Waals surface area contributed by atoms with Crippen LogP contribution in [0.2, 0.25) is 0 Å². The Morgan fingerprint density at radius 1 is 1.47 bits per heavy atom. The second-order valence-corrected chi connectivity index (χ2v) is 5.51. The van der Waals surface area contributed by atoms with Gasteiger partial charge < -0.3 is 0 Å². The van der Waals surface area contributed by atoms with E-state index in [-0.39, 0.29) is 17.2 Å². The SMILES string of the molecule is N#Cc1ccc(S(=O)(=O)CCCl)c([N+](=O)[O-])c1. The number of nitriles is 1. The van der Waals surface area contributed by atoms with Crippen LogP contribution >= 0.6 is 11.6 Å². The van der Waals surface area contributed by atoms with Gasteiger partial charge in [-0.05, 0) is 12.1 Å². The topological polar surface area (TPSA) is 101 Å². The second kappa shape index (κ2) is 5.12. The van der Waals surface area contributed by atoms with Crippen molar-refractivity contribution < 1.29 is 13.3 Å². The highest BCUT2D eigenvalue weighted by molar-refractivity contribution is 7.91. The van der Waals surface area contributed by atoms with Crippen LogP contribution in [0.25, 0.3) is 0 Å². The fraction of sp³-hybridized carbons (Fsp3) is 0.222. The van der Waals surface area contributed by atoms with E-state index in [0.717, 1.165) is 12.1 Å². The van der Waals surface area contributed by atoms with Crippen molar-refractivity contribution in [2.75, 3.05) is 11.6 Å². The van der Waals surface area contributed by atoms with Gasteiger partial charge in [-0.1, -0.05) is 0 Å². The van der Waals surface area contributed by atoms with Crippen LogP contribution in [0, 0.1) is 21.4 Å². The lowest BCUT2D eigenvalue weighted by atomic mass is 10.2. The molecule has 0 unspecified atom stereocenters. The zero-order valence-corrected chi connectivity index (χ0v) is 10.0. The number of nitro benzene ring substituents is 1. The van der Waals surface area contributed by atoms with Crippen LogP contribution in [-0.2, 0) is 9.84 Å². The van der Waals surface area contributed by atoms with Gasteiger partial charge in [0, 0.05) is 11.9 Å². The first-order valence-corrected chi connectivity index (χ1v) is 6.58. The van der Waals surface area contributed by atoms with Crippen molar-refractivity contribution in [3.63, 3.8) is 0 Å². The molecule has 0 aliphatic carbocycles. The summed E-state index contributed by atoms with van der Waals surface area (Å²) in [4.78, 5) is 9.49. The third-order valence-corrected chi connectivity index (χ3v) is 4.14. The van der Waals surface area contributed by atoms with Crippen molar-refractivity contribution in [1.82, 2.24) is 0 Å². The standard InChI is InChI=1S/C9H7ClN2O4S/c10-3-4-17(15,16)9-2-1-7(6-11)5-8(9)12(13)14/h1-2,5H,3-4H2. The summed E-state index contributed by atoms with van der Waals surface area (Å²) in [6.07, 6.45) is 0. The van der Waals surface area contributed by atoms with Crippen molar-refractivity contribution in [3.8, 4) is 6.07 Å². The van der Waals surface area contributed by atoms with Crippen LogP contribution in [0.3, 0.4) is 0 Å². The molecule has 0 aliphatic heterocycles. The van der Waals surface area contributed by atoms with Crippen LogP contribution in [0.4, 0.5) is 5.69 Å². The lowest BCUT2D eigenvalue weighted by Crippen LogP contribution is -2.10. The molecule has 0 atom stereocenters. The smallest absolute Gasteiger partial charge is 0.258 e. The minimum absolute atomic E-state index is 0.0292. The maximum Gasteiger partial charge on any atom is 0.289 e. The molecule has 0 saturated heterocycles. The summed E-state index contributed by atoms with van der Waals surface area (Å²) in [5, 5.41) is 19.3. The molecule has 0 spiro atoms. The van der Waals surface area contributed by atoms with Crippen LogP contribution in [-0.4, -0.2) is 25.0 Å². The Balaban J connectivity index is 3.45. The van der Waals surface area contributed by atoms with Gasteiger partial charge in [-0.15, -0.1) is 11.6 Å². The number of halogens is 1. The third-order valence-electron chi connectivity index (χ3n) is 1.97. The number of benzene rings is 1. The summed E-state index contributed by atoms with van der Waals surface area (Å²) < 4.78 is 23.4. The fourth-order valence-electron chi connectivity index (χ4n) is 1.20. The molecule has 0 saturated carbocycles. The molecular formula is C9H7ClN2O4S. The Labute approximate surface area is 103 Å². The molecule has 0 fully saturated rings. The second-order valence-electron chi connectivity index (χ2n) is 3.06. The van der Waals surface area contributed by atoms with Gasteiger partial charge in [-0.2, -0.15) is 5.26 Å². The highest BCUT2D eigenvalue weighted by atomic mass is 35.5. The van der Waals surface area contributed by atoms with Gasteiger partial charge >= 0.3 is 0 Å². The molecule has 1 rings (SSSR count). The zero-order chi connectivity index (χ0) is 13.1. The van der Waals surface area contributed by atoms with Crippen molar-refractivity contribution in [2.45, 2.75) is 4.90 Å². The molecule has 8 heteroatoms. The van der Waals surface area contributed by atoms with Gasteiger partial charge in [0.1, 0.15) is 4.90 Å². The van der Waals surface area contributed by atoms with Crippen molar-refractivity contribution in [3.05, 3.63) is 33.9 Å². The van der Waals surface area contributed by atoms with E-state index in [4.69, 9.17) is 16.9 Å². The molecule has 0 radical (unpaired) electrons. The Kier molecular flexibility index (Phi) is 4.04. The van der Waals surface area contributed by atoms with Gasteiger partial charge in [-0.3, -0.25) is 10.1 Å². The Hall–Kier alpha value is -1.65. The molecule has 0 N–H and O–H groups in total. The first-order chi connectivity index (χ1) is 7.92. The van der Waals surface area contributed by atoms with Crippen molar-refractivity contribution in [2.24, 2.45) is 0 Å². The minimum Gasteiger partial charge on any atom is -0.258 e. The molecule has 90 valence electrons. The van der Waals surface area contributed by atoms with E-state index < -0.39 is 25.3 Å². The fourth-order valence-corrected chi connectivity index (χ4v) is 2.96. The lowest BCUT2D eigenvalue weighted by Gasteiger charge is -2.03. The zero-order valence-electron chi connectivity index (χ0n) is 8.46. The van der Waals surface area contributed by atoms with E-state index in [1.807, 2.05) is 0 Å². The number of nitrogens with zero attached hydrogens (tertiary/aromatic N) is 2. The average Bonchev–Trinajstić information content (AvgIpc) is 2.28. The molecule has 0 heterocycles. The van der Waals surface area contributed by atoms with E-state index in [1.165, 1.54) is 6.07 Å². The highest BCUT2D eigenvalue weighted by Crippen LogP contribution is 2.25. The number of alkyl halides is 1. The molecule has 17 heavy (non-hydrogen) atoms. The van der Waals surface area contributed by atoms with E-state index in [0.29, 0.717) is 0 Å². The first-order valence-electron chi connectivity index (χ1n) is 4.39. The van der Waals surface area contributed by atoms with Gasteiger partial charge in [0.2, 0.25) is 0 Å². The van der Waals surface area contributed by atoms with Crippen molar-refractivity contribution in [1.29, 1.82) is 5.26 Å². The monoisotopic (exact) mass is 274 g/mol. The summed E-state index contributed by atoms with van der Waals surface area (Å²) in [5.74, 6) is -0.541. The molecule has 0 aliphatic rings. The number of hydrogen-bond donors (Lipinski definition) is 0. The quantitative estimate of drug-likeness (QED) is 0.470. The van der Waals surface area contributed by atoms with Crippen LogP contribution < -0.4 is 0 Å². The van der Waals surface area contributed by atoms with Gasteiger partial charge in [0.15, 0.2) is 9.84 Å². The number of hydrogen-bond acceptors (Lipinski definition) is 5. The Morgan fingerprint density at radius 2 is 2.12 bits per heavy atom. The number of rotatable bonds is 4. The predicted octanol–water partition coefficient (Wildman–Crippen LogP) is 1.48. The molecule has 0 aromatic heterocycles. The van der Waals surface area contributed by atoms with Crippen LogP contribution in [0.1, 0.15) is 5.56 Å². The van der Waals surface area contributed by atoms with Gasteiger partial charge in [0.05, 0.1) is 22.3 Å². The molecule has 1 aromatic carbocycles. The van der Waals surface area contributed by atoms with E-state index >= 15 is 0 Å². The largest absolute Gasteiger partial charge is 0.289 e. The third kappa shape index (κ3) is 2.93. The number of nitro groups is 1. The van der Waals surface area contributed by atoms with Gasteiger partial charge in [-0.25, -0.2) is 8.42 Å². The lowest BCUT2D eigenvalue weighted by molar-refractivity contribution is -0.387. The summed E-state index contributed by atoms with van der Waals surface area (Å²) in [6, 6.07) is 4.91. The number of sulfone groups is 1. The van der Waals surface area contributed by atoms with E-state index in [2.05, 4.69) is 0 Å². The summed E-state index contributed by atoms with van der Waals surface area (Å²) in [6.45, 7) is 0. The van der Waals surface area contributed by atoms with Crippen LogP contribution in [0.5, 0.6) is 0 Å². The molecule has 6 nitrogen and oxygen atoms in total. The van der Waals surface area contributed by atoms with E-state index in [9.17, 15) is 18.5 Å². The Bertz CT molecular complexity index is 592. The minimum atomic E-state index is -3.79. The predicted molar refractivity (Wildman–Crippen MR) is 60.6 cm³/mol. The van der Waals surface area contributed by atoms with Gasteiger partial charge in [0.25, 0.3) is 5.69 Å². The van der Waals surface area contributed by atoms with Crippen LogP contribution in [0.15, 0.2) is 23.1 Å². The molecular weight excluding hydrogens is 268 g/mol. The average molecular weight is 275 g/mol. The van der Waals surface area contributed by atoms with E-state index in [1.54, 1.807) is 6.07 Å². The summed E-state index contributed by atoms with van der Waals surface area (Å²) >= 11 is 5.33. The summed E-state index contributed by atoms with van der Waals surface area (Å²) in [7, 11) is -3.79. The van der Waals surface area contributed by atoms with Crippen molar-refractivity contribution >= 4 is 27.1 Å². The molecule has 0 bridgehead atoms. The molecule has 1 aromatic rings. The first kappa shape index (κ1) is 13.4.